The monoisotopic (exact) mass is 317 g/mol. The lowest BCUT2D eigenvalue weighted by atomic mass is 10.2. The average molecular weight is 317 g/mol. The number of rotatable bonds is 2. The van der Waals surface area contributed by atoms with Crippen molar-refractivity contribution < 1.29 is 13.6 Å². The SMILES string of the molecule is O=C(Cl)c1nccc(C(F)F)c1I. The molecular formula is C7H3ClF2INO. The Morgan fingerprint density at radius 2 is 2.23 bits per heavy atom. The van der Waals surface area contributed by atoms with E-state index in [1.807, 2.05) is 0 Å². The van der Waals surface area contributed by atoms with E-state index in [2.05, 4.69) is 4.98 Å². The summed E-state index contributed by atoms with van der Waals surface area (Å²) in [5.74, 6) is 0. The first-order valence-electron chi connectivity index (χ1n) is 3.16. The van der Waals surface area contributed by atoms with Gasteiger partial charge in [0.05, 0.1) is 3.57 Å². The van der Waals surface area contributed by atoms with Crippen molar-refractivity contribution in [2.75, 3.05) is 0 Å². The van der Waals surface area contributed by atoms with Gasteiger partial charge in [0.2, 0.25) is 0 Å². The van der Waals surface area contributed by atoms with Crippen LogP contribution < -0.4 is 0 Å². The molecule has 0 spiro atoms. The number of pyridine rings is 1. The van der Waals surface area contributed by atoms with Crippen LogP contribution in [0, 0.1) is 3.57 Å². The first-order chi connectivity index (χ1) is 6.04. The van der Waals surface area contributed by atoms with Crippen molar-refractivity contribution in [1.82, 2.24) is 4.98 Å². The zero-order valence-electron chi connectivity index (χ0n) is 6.10. The molecule has 0 amide bonds. The number of carbonyl (C=O) groups is 1. The maximum atomic E-state index is 12.3. The summed E-state index contributed by atoms with van der Waals surface area (Å²) in [4.78, 5) is 14.3. The Kier molecular flexibility index (Phi) is 3.55. The van der Waals surface area contributed by atoms with Crippen LogP contribution in [0.2, 0.25) is 0 Å². The number of nitrogens with zero attached hydrogens (tertiary/aromatic N) is 1. The molecule has 0 radical (unpaired) electrons. The van der Waals surface area contributed by atoms with E-state index in [-0.39, 0.29) is 14.8 Å². The Labute approximate surface area is 91.4 Å². The number of halogens is 4. The van der Waals surface area contributed by atoms with Crippen molar-refractivity contribution in [2.24, 2.45) is 0 Å². The van der Waals surface area contributed by atoms with Gasteiger partial charge < -0.3 is 0 Å². The Hall–Kier alpha value is -0.300. The van der Waals surface area contributed by atoms with E-state index in [0.29, 0.717) is 0 Å². The van der Waals surface area contributed by atoms with Gasteiger partial charge in [-0.1, -0.05) is 0 Å². The third-order valence-electron chi connectivity index (χ3n) is 1.34. The van der Waals surface area contributed by atoms with Gasteiger partial charge in [0, 0.05) is 11.8 Å². The highest BCUT2D eigenvalue weighted by Crippen LogP contribution is 2.26. The van der Waals surface area contributed by atoms with Crippen molar-refractivity contribution in [3.8, 4) is 0 Å². The molecule has 13 heavy (non-hydrogen) atoms. The molecule has 0 N–H and O–H groups in total. The summed E-state index contributed by atoms with van der Waals surface area (Å²) in [6.45, 7) is 0. The van der Waals surface area contributed by atoms with Gasteiger partial charge in [0.15, 0.2) is 0 Å². The summed E-state index contributed by atoms with van der Waals surface area (Å²) in [5, 5.41) is -0.827. The second kappa shape index (κ2) is 4.28. The van der Waals surface area contributed by atoms with E-state index in [0.717, 1.165) is 12.3 Å². The predicted octanol–water partition coefficient (Wildman–Crippen LogP) is 3.00. The highest BCUT2D eigenvalue weighted by molar-refractivity contribution is 14.1. The molecule has 0 atom stereocenters. The van der Waals surface area contributed by atoms with E-state index < -0.39 is 11.7 Å². The van der Waals surface area contributed by atoms with Crippen molar-refractivity contribution in [2.45, 2.75) is 6.43 Å². The van der Waals surface area contributed by atoms with Gasteiger partial charge in [0.1, 0.15) is 5.69 Å². The summed E-state index contributed by atoms with van der Waals surface area (Å²) in [6, 6.07) is 1.16. The van der Waals surface area contributed by atoms with E-state index in [1.165, 1.54) is 0 Å². The number of hydrogen-bond donors (Lipinski definition) is 0. The van der Waals surface area contributed by atoms with Crippen LogP contribution in [0.1, 0.15) is 22.5 Å². The van der Waals surface area contributed by atoms with E-state index in [9.17, 15) is 13.6 Å². The molecule has 1 heterocycles. The fourth-order valence-corrected chi connectivity index (χ4v) is 1.87. The second-order valence-electron chi connectivity index (χ2n) is 2.14. The first-order valence-corrected chi connectivity index (χ1v) is 4.62. The summed E-state index contributed by atoms with van der Waals surface area (Å²) in [5.41, 5.74) is -0.348. The van der Waals surface area contributed by atoms with Crippen LogP contribution >= 0.6 is 34.2 Å². The lowest BCUT2D eigenvalue weighted by molar-refractivity contribution is 0.107. The minimum atomic E-state index is -2.62. The standard InChI is InChI=1S/C7H3ClF2INO/c8-6(13)5-4(11)3(7(9)10)1-2-12-5/h1-2,7H. The molecule has 0 saturated carbocycles. The van der Waals surface area contributed by atoms with Crippen LogP contribution in [0.4, 0.5) is 8.78 Å². The van der Waals surface area contributed by atoms with Crippen LogP contribution in [-0.2, 0) is 0 Å². The fourth-order valence-electron chi connectivity index (χ4n) is 0.764. The third-order valence-corrected chi connectivity index (χ3v) is 2.65. The molecule has 1 rings (SSSR count). The van der Waals surface area contributed by atoms with Crippen LogP contribution in [-0.4, -0.2) is 10.2 Å². The quantitative estimate of drug-likeness (QED) is 0.620. The zero-order chi connectivity index (χ0) is 10.0. The maximum Gasteiger partial charge on any atom is 0.271 e. The van der Waals surface area contributed by atoms with Crippen molar-refractivity contribution >= 4 is 39.4 Å². The molecule has 1 aromatic heterocycles. The topological polar surface area (TPSA) is 30.0 Å². The predicted molar refractivity (Wildman–Crippen MR) is 52.1 cm³/mol. The van der Waals surface area contributed by atoms with Crippen molar-refractivity contribution in [3.63, 3.8) is 0 Å². The summed E-state index contributed by atoms with van der Waals surface area (Å²) in [6.07, 6.45) is -1.48. The summed E-state index contributed by atoms with van der Waals surface area (Å²) < 4.78 is 24.7. The van der Waals surface area contributed by atoms with E-state index in [1.54, 1.807) is 22.6 Å². The Balaban J connectivity index is 3.26. The second-order valence-corrected chi connectivity index (χ2v) is 3.56. The molecule has 70 valence electrons. The zero-order valence-corrected chi connectivity index (χ0v) is 9.01. The summed E-state index contributed by atoms with van der Waals surface area (Å²) >= 11 is 6.76. The molecule has 1 aromatic rings. The molecule has 0 unspecified atom stereocenters. The van der Waals surface area contributed by atoms with Crippen LogP contribution in [0.5, 0.6) is 0 Å². The van der Waals surface area contributed by atoms with E-state index in [4.69, 9.17) is 11.6 Å². The van der Waals surface area contributed by atoms with Gasteiger partial charge in [-0.05, 0) is 40.3 Å². The van der Waals surface area contributed by atoms with Crippen molar-refractivity contribution in [3.05, 3.63) is 27.1 Å². The molecule has 6 heteroatoms. The molecule has 0 aromatic carbocycles. The van der Waals surface area contributed by atoms with Gasteiger partial charge in [-0.15, -0.1) is 0 Å². The smallest absolute Gasteiger partial charge is 0.271 e. The minimum Gasteiger partial charge on any atom is -0.274 e. The van der Waals surface area contributed by atoms with Crippen LogP contribution in [0.3, 0.4) is 0 Å². The number of hydrogen-bond acceptors (Lipinski definition) is 2. The molecule has 0 aliphatic carbocycles. The van der Waals surface area contributed by atoms with Gasteiger partial charge in [-0.25, -0.2) is 8.78 Å². The third kappa shape index (κ3) is 2.34. The van der Waals surface area contributed by atoms with Crippen LogP contribution in [0.25, 0.3) is 0 Å². The normalized spacial score (nSPS) is 10.5. The van der Waals surface area contributed by atoms with Crippen molar-refractivity contribution in [1.29, 1.82) is 0 Å². The minimum absolute atomic E-state index is 0.107. The number of aromatic nitrogens is 1. The fraction of sp³-hybridized carbons (Fsp3) is 0.143. The molecular weight excluding hydrogens is 314 g/mol. The lowest BCUT2D eigenvalue weighted by Crippen LogP contribution is -2.01. The highest BCUT2D eigenvalue weighted by Gasteiger charge is 2.17. The molecule has 2 nitrogen and oxygen atoms in total. The Morgan fingerprint density at radius 1 is 1.62 bits per heavy atom. The largest absolute Gasteiger partial charge is 0.274 e. The van der Waals surface area contributed by atoms with E-state index >= 15 is 0 Å². The molecule has 0 bridgehead atoms. The van der Waals surface area contributed by atoms with Crippen LogP contribution in [0.15, 0.2) is 12.3 Å². The molecule has 0 aliphatic rings. The van der Waals surface area contributed by atoms with Gasteiger partial charge in [-0.2, -0.15) is 0 Å². The molecule has 0 saturated heterocycles. The first kappa shape index (κ1) is 10.8. The molecule has 0 fully saturated rings. The van der Waals surface area contributed by atoms with Gasteiger partial charge in [-0.3, -0.25) is 9.78 Å². The molecule has 0 aliphatic heterocycles. The Morgan fingerprint density at radius 3 is 2.69 bits per heavy atom. The number of carbonyl (C=O) groups excluding carboxylic acids is 1. The lowest BCUT2D eigenvalue weighted by Gasteiger charge is -2.04. The van der Waals surface area contributed by atoms with Gasteiger partial charge >= 0.3 is 0 Å². The highest BCUT2D eigenvalue weighted by atomic mass is 127. The summed E-state index contributed by atoms with van der Waals surface area (Å²) in [7, 11) is 0. The Bertz CT molecular complexity index is 345. The van der Waals surface area contributed by atoms with Gasteiger partial charge in [0.25, 0.3) is 11.7 Å². The maximum absolute atomic E-state index is 12.3. The number of alkyl halides is 2. The average Bonchev–Trinajstić information content (AvgIpc) is 2.03.